The van der Waals surface area contributed by atoms with Crippen LogP contribution in [0.2, 0.25) is 0 Å². The first-order valence-corrected chi connectivity index (χ1v) is 5.72. The molecule has 1 heterocycles. The van der Waals surface area contributed by atoms with Gasteiger partial charge in [0.05, 0.1) is 21.9 Å². The minimum Gasteiger partial charge on any atom is -0.298 e. The lowest BCUT2D eigenvalue weighted by molar-refractivity contribution is -0.385. The van der Waals surface area contributed by atoms with Crippen molar-refractivity contribution >= 4 is 12.0 Å². The van der Waals surface area contributed by atoms with Crippen LogP contribution in [-0.4, -0.2) is 21.0 Å². The lowest BCUT2D eigenvalue weighted by atomic mass is 10.1. The summed E-state index contributed by atoms with van der Waals surface area (Å²) in [5, 5.41) is 15.1. The van der Waals surface area contributed by atoms with Gasteiger partial charge in [-0.25, -0.2) is 4.68 Å². The van der Waals surface area contributed by atoms with Crippen LogP contribution < -0.4 is 0 Å². The van der Waals surface area contributed by atoms with E-state index in [0.717, 1.165) is 17.0 Å². The monoisotopic (exact) mass is 259 g/mol. The molecule has 19 heavy (non-hydrogen) atoms. The number of nitrogens with zero attached hydrogens (tertiary/aromatic N) is 3. The number of aryl methyl sites for hydroxylation is 1. The van der Waals surface area contributed by atoms with Crippen LogP contribution in [0.5, 0.6) is 0 Å². The van der Waals surface area contributed by atoms with Crippen molar-refractivity contribution in [1.29, 1.82) is 0 Å². The predicted octanol–water partition coefficient (Wildman–Crippen LogP) is 2.52. The highest BCUT2D eigenvalue weighted by molar-refractivity contribution is 5.82. The molecule has 0 bridgehead atoms. The minimum absolute atomic E-state index is 0.0488. The van der Waals surface area contributed by atoms with E-state index >= 15 is 0 Å². The smallest absolute Gasteiger partial charge is 0.280 e. The minimum atomic E-state index is -0.569. The summed E-state index contributed by atoms with van der Waals surface area (Å²) in [5.74, 6) is 0. The number of aldehydes is 1. The molecule has 1 aromatic heterocycles. The zero-order chi connectivity index (χ0) is 14.2. The molecule has 0 amide bonds. The van der Waals surface area contributed by atoms with Crippen LogP contribution in [0.1, 0.15) is 27.3 Å². The summed E-state index contributed by atoms with van der Waals surface area (Å²) in [5.41, 5.74) is 3.39. The highest BCUT2D eigenvalue weighted by Gasteiger charge is 2.16. The van der Waals surface area contributed by atoms with Crippen molar-refractivity contribution in [2.24, 2.45) is 0 Å². The van der Waals surface area contributed by atoms with E-state index in [1.165, 1.54) is 12.1 Å². The Bertz CT molecular complexity index is 674. The van der Waals surface area contributed by atoms with E-state index in [0.29, 0.717) is 12.0 Å². The Morgan fingerprint density at radius 1 is 1.32 bits per heavy atom. The SMILES string of the molecule is Cc1nn(-c2ccc([N+](=O)[O-])c(C=O)c2)c(C)c1C. The van der Waals surface area contributed by atoms with Crippen LogP contribution in [0, 0.1) is 30.9 Å². The maximum atomic E-state index is 10.9. The molecular weight excluding hydrogens is 246 g/mol. The number of nitro groups is 1. The van der Waals surface area contributed by atoms with E-state index in [1.807, 2.05) is 20.8 Å². The Hall–Kier alpha value is -2.50. The third-order valence-electron chi connectivity index (χ3n) is 3.23. The van der Waals surface area contributed by atoms with Crippen LogP contribution >= 0.6 is 0 Å². The summed E-state index contributed by atoms with van der Waals surface area (Å²) in [6.07, 6.45) is 0.486. The van der Waals surface area contributed by atoms with Crippen molar-refractivity contribution in [3.63, 3.8) is 0 Å². The fraction of sp³-hybridized carbons (Fsp3) is 0.231. The zero-order valence-corrected chi connectivity index (χ0v) is 10.9. The first-order chi connectivity index (χ1) is 8.95. The summed E-state index contributed by atoms with van der Waals surface area (Å²) >= 11 is 0. The number of benzene rings is 1. The molecule has 1 aromatic carbocycles. The van der Waals surface area contributed by atoms with Gasteiger partial charge in [0, 0.05) is 11.8 Å². The molecule has 0 radical (unpaired) electrons. The molecule has 0 N–H and O–H groups in total. The molecule has 0 aliphatic rings. The van der Waals surface area contributed by atoms with Gasteiger partial charge in [-0.05, 0) is 38.5 Å². The number of nitro benzene ring substituents is 1. The zero-order valence-electron chi connectivity index (χ0n) is 10.9. The van der Waals surface area contributed by atoms with Crippen LogP contribution in [0.15, 0.2) is 18.2 Å². The number of carbonyl (C=O) groups excluding carboxylic acids is 1. The third-order valence-corrected chi connectivity index (χ3v) is 3.23. The molecule has 98 valence electrons. The third kappa shape index (κ3) is 2.12. The van der Waals surface area contributed by atoms with Crippen LogP contribution in [-0.2, 0) is 0 Å². The van der Waals surface area contributed by atoms with E-state index in [1.54, 1.807) is 10.7 Å². The quantitative estimate of drug-likeness (QED) is 0.482. The fourth-order valence-corrected chi connectivity index (χ4v) is 1.91. The molecule has 0 unspecified atom stereocenters. The summed E-state index contributed by atoms with van der Waals surface area (Å²) in [7, 11) is 0. The van der Waals surface area contributed by atoms with Gasteiger partial charge in [0.25, 0.3) is 5.69 Å². The number of hydrogen-bond donors (Lipinski definition) is 0. The predicted molar refractivity (Wildman–Crippen MR) is 69.8 cm³/mol. The van der Waals surface area contributed by atoms with Crippen molar-refractivity contribution in [3.8, 4) is 5.69 Å². The van der Waals surface area contributed by atoms with Crippen molar-refractivity contribution in [3.05, 3.63) is 50.8 Å². The van der Waals surface area contributed by atoms with Crippen molar-refractivity contribution < 1.29 is 9.72 Å². The summed E-state index contributed by atoms with van der Waals surface area (Å²) in [6.45, 7) is 5.77. The molecule has 0 aliphatic carbocycles. The van der Waals surface area contributed by atoms with Gasteiger partial charge in [-0.2, -0.15) is 5.10 Å². The fourth-order valence-electron chi connectivity index (χ4n) is 1.91. The first kappa shape index (κ1) is 12.9. The second-order valence-corrected chi connectivity index (χ2v) is 4.33. The second-order valence-electron chi connectivity index (χ2n) is 4.33. The van der Waals surface area contributed by atoms with Gasteiger partial charge in [-0.3, -0.25) is 14.9 Å². The van der Waals surface area contributed by atoms with Gasteiger partial charge in [0.1, 0.15) is 0 Å². The largest absolute Gasteiger partial charge is 0.298 e. The van der Waals surface area contributed by atoms with Gasteiger partial charge in [-0.1, -0.05) is 0 Å². The summed E-state index contributed by atoms with van der Waals surface area (Å²) in [6, 6.07) is 4.39. The standard InChI is InChI=1S/C13H13N3O3/c1-8-9(2)14-15(10(8)3)12-4-5-13(16(18)19)11(6-12)7-17/h4-7H,1-3H3. The number of rotatable bonds is 3. The first-order valence-electron chi connectivity index (χ1n) is 5.72. The van der Waals surface area contributed by atoms with Crippen LogP contribution in [0.4, 0.5) is 5.69 Å². The summed E-state index contributed by atoms with van der Waals surface area (Å²) < 4.78 is 1.68. The van der Waals surface area contributed by atoms with Crippen LogP contribution in [0.25, 0.3) is 5.69 Å². The average molecular weight is 259 g/mol. The summed E-state index contributed by atoms with van der Waals surface area (Å²) in [4.78, 5) is 21.1. The van der Waals surface area contributed by atoms with Crippen LogP contribution in [0.3, 0.4) is 0 Å². The average Bonchev–Trinajstić information content (AvgIpc) is 2.65. The molecular formula is C13H13N3O3. The Morgan fingerprint density at radius 3 is 2.47 bits per heavy atom. The van der Waals surface area contributed by atoms with Gasteiger partial charge < -0.3 is 0 Å². The normalized spacial score (nSPS) is 10.5. The maximum Gasteiger partial charge on any atom is 0.280 e. The molecule has 0 atom stereocenters. The van der Waals surface area contributed by atoms with Crippen molar-refractivity contribution in [1.82, 2.24) is 9.78 Å². The Balaban J connectivity index is 2.61. The van der Waals surface area contributed by atoms with E-state index in [9.17, 15) is 14.9 Å². The Morgan fingerprint density at radius 2 is 2.00 bits per heavy atom. The molecule has 2 aromatic rings. The van der Waals surface area contributed by atoms with E-state index in [4.69, 9.17) is 0 Å². The molecule has 6 heteroatoms. The Labute approximate surface area is 109 Å². The highest BCUT2D eigenvalue weighted by Crippen LogP contribution is 2.22. The number of hydrogen-bond acceptors (Lipinski definition) is 4. The lowest BCUT2D eigenvalue weighted by Crippen LogP contribution is -2.02. The molecule has 0 fully saturated rings. The highest BCUT2D eigenvalue weighted by atomic mass is 16.6. The topological polar surface area (TPSA) is 78.0 Å². The van der Waals surface area contributed by atoms with Crippen molar-refractivity contribution in [2.45, 2.75) is 20.8 Å². The van der Waals surface area contributed by atoms with Gasteiger partial charge in [-0.15, -0.1) is 0 Å². The molecule has 0 saturated carbocycles. The molecule has 6 nitrogen and oxygen atoms in total. The van der Waals surface area contributed by atoms with E-state index in [-0.39, 0.29) is 11.3 Å². The lowest BCUT2D eigenvalue weighted by Gasteiger charge is -2.05. The number of aromatic nitrogens is 2. The molecule has 2 rings (SSSR count). The number of carbonyl (C=O) groups is 1. The second kappa shape index (κ2) is 4.64. The van der Waals surface area contributed by atoms with Gasteiger partial charge in [0.15, 0.2) is 6.29 Å². The molecule has 0 saturated heterocycles. The molecule has 0 spiro atoms. The van der Waals surface area contributed by atoms with E-state index < -0.39 is 4.92 Å². The van der Waals surface area contributed by atoms with Gasteiger partial charge >= 0.3 is 0 Å². The van der Waals surface area contributed by atoms with Crippen molar-refractivity contribution in [2.75, 3.05) is 0 Å². The molecule has 0 aliphatic heterocycles. The van der Waals surface area contributed by atoms with E-state index in [2.05, 4.69) is 5.10 Å². The van der Waals surface area contributed by atoms with Gasteiger partial charge in [0.2, 0.25) is 0 Å². The maximum absolute atomic E-state index is 10.9. The Kier molecular flexibility index (Phi) is 3.16.